The second kappa shape index (κ2) is 7.53. The number of carbonyl (C=O) groups is 1. The molecule has 1 unspecified atom stereocenters. The molecule has 24 heavy (non-hydrogen) atoms. The highest BCUT2D eigenvalue weighted by atomic mass is 32.2. The Bertz CT molecular complexity index is 580. The second-order valence-corrected chi connectivity index (χ2v) is 7.53. The van der Waals surface area contributed by atoms with Crippen LogP contribution in [0.1, 0.15) is 24.8 Å². The number of hydrogen-bond acceptors (Lipinski definition) is 6. The van der Waals surface area contributed by atoms with Gasteiger partial charge in [-0.15, -0.1) is 11.8 Å². The molecular weight excluding hydrogens is 330 g/mol. The van der Waals surface area contributed by atoms with Crippen molar-refractivity contribution in [3.8, 4) is 17.2 Å². The number of methoxy groups -OCH3 is 3. The molecule has 0 bridgehead atoms. The lowest BCUT2D eigenvalue weighted by atomic mass is 9.94. The van der Waals surface area contributed by atoms with E-state index < -0.39 is 0 Å². The molecule has 0 spiro atoms. The highest BCUT2D eigenvalue weighted by molar-refractivity contribution is 8.00. The molecule has 1 aromatic rings. The van der Waals surface area contributed by atoms with Gasteiger partial charge in [0.1, 0.15) is 5.37 Å². The van der Waals surface area contributed by atoms with Crippen molar-refractivity contribution in [1.29, 1.82) is 0 Å². The molecule has 0 aliphatic carbocycles. The molecule has 7 heteroatoms. The first-order valence-electron chi connectivity index (χ1n) is 7.68. The van der Waals surface area contributed by atoms with Crippen LogP contribution >= 0.6 is 11.8 Å². The van der Waals surface area contributed by atoms with E-state index in [0.29, 0.717) is 29.5 Å². The molecular formula is C17H25NO5S. The smallest absolute Gasteiger partial charge is 0.233 e. The molecule has 1 atom stereocenters. The summed E-state index contributed by atoms with van der Waals surface area (Å²) in [4.78, 5) is 14.1. The van der Waals surface area contributed by atoms with E-state index >= 15 is 0 Å². The zero-order chi connectivity index (χ0) is 17.9. The van der Waals surface area contributed by atoms with Crippen LogP contribution in [0.2, 0.25) is 0 Å². The standard InChI is InChI=1S/C17H25NO5S/c1-17(2,10-19)9-18-14(20)8-24-16(18)11-6-12(21-3)15(23-5)13(7-11)22-4/h6-7,16,19H,8-10H2,1-5H3. The Morgan fingerprint density at radius 3 is 2.25 bits per heavy atom. The summed E-state index contributed by atoms with van der Waals surface area (Å²) in [6, 6.07) is 3.74. The van der Waals surface area contributed by atoms with Gasteiger partial charge in [0.25, 0.3) is 0 Å². The lowest BCUT2D eigenvalue weighted by Gasteiger charge is -2.32. The van der Waals surface area contributed by atoms with Gasteiger partial charge in [-0.25, -0.2) is 0 Å². The third kappa shape index (κ3) is 3.72. The number of rotatable bonds is 7. The number of hydrogen-bond donors (Lipinski definition) is 1. The van der Waals surface area contributed by atoms with Gasteiger partial charge in [0, 0.05) is 18.6 Å². The van der Waals surface area contributed by atoms with Gasteiger partial charge < -0.3 is 24.2 Å². The molecule has 1 fully saturated rings. The van der Waals surface area contributed by atoms with Crippen molar-refractivity contribution < 1.29 is 24.1 Å². The third-order valence-electron chi connectivity index (χ3n) is 3.97. The Hall–Kier alpha value is -1.60. The van der Waals surface area contributed by atoms with Crippen LogP contribution in [0.5, 0.6) is 17.2 Å². The van der Waals surface area contributed by atoms with E-state index in [2.05, 4.69) is 0 Å². The van der Waals surface area contributed by atoms with E-state index in [4.69, 9.17) is 14.2 Å². The van der Waals surface area contributed by atoms with Gasteiger partial charge in [-0.1, -0.05) is 13.8 Å². The molecule has 1 N–H and O–H groups in total. The molecule has 1 heterocycles. The average Bonchev–Trinajstić information content (AvgIpc) is 2.93. The van der Waals surface area contributed by atoms with E-state index in [1.54, 1.807) is 33.1 Å². The first kappa shape index (κ1) is 18.7. The summed E-state index contributed by atoms with van der Waals surface area (Å²) in [5.41, 5.74) is 0.550. The summed E-state index contributed by atoms with van der Waals surface area (Å²) in [5.74, 6) is 2.14. The van der Waals surface area contributed by atoms with Crippen LogP contribution in [0.15, 0.2) is 12.1 Å². The molecule has 0 aromatic heterocycles. The summed E-state index contributed by atoms with van der Waals surface area (Å²) in [6.45, 7) is 4.38. The van der Waals surface area contributed by atoms with Crippen LogP contribution < -0.4 is 14.2 Å². The van der Waals surface area contributed by atoms with Gasteiger partial charge in [0.2, 0.25) is 11.7 Å². The van der Waals surface area contributed by atoms with Crippen LogP contribution in [0.3, 0.4) is 0 Å². The minimum Gasteiger partial charge on any atom is -0.493 e. The monoisotopic (exact) mass is 355 g/mol. The number of aliphatic hydroxyl groups is 1. The summed E-state index contributed by atoms with van der Waals surface area (Å²) in [6.07, 6.45) is 0. The van der Waals surface area contributed by atoms with Crippen molar-refractivity contribution in [3.05, 3.63) is 17.7 Å². The van der Waals surface area contributed by atoms with E-state index in [1.807, 2.05) is 30.9 Å². The predicted octanol–water partition coefficient (Wildman–Crippen LogP) is 2.30. The Morgan fingerprint density at radius 1 is 1.21 bits per heavy atom. The maximum absolute atomic E-state index is 12.3. The summed E-state index contributed by atoms with van der Waals surface area (Å²) in [5, 5.41) is 9.39. The number of amides is 1. The minimum atomic E-state index is -0.362. The molecule has 1 aliphatic heterocycles. The van der Waals surface area contributed by atoms with Gasteiger partial charge >= 0.3 is 0 Å². The lowest BCUT2D eigenvalue weighted by molar-refractivity contribution is -0.129. The maximum atomic E-state index is 12.3. The number of nitrogens with zero attached hydrogens (tertiary/aromatic N) is 1. The Balaban J connectivity index is 2.40. The molecule has 6 nitrogen and oxygen atoms in total. The molecule has 2 rings (SSSR count). The van der Waals surface area contributed by atoms with E-state index in [9.17, 15) is 9.90 Å². The lowest BCUT2D eigenvalue weighted by Crippen LogP contribution is -2.38. The van der Waals surface area contributed by atoms with Crippen molar-refractivity contribution in [2.75, 3.05) is 40.2 Å². The van der Waals surface area contributed by atoms with E-state index in [-0.39, 0.29) is 23.3 Å². The van der Waals surface area contributed by atoms with Crippen LogP contribution in [0.25, 0.3) is 0 Å². The van der Waals surface area contributed by atoms with Gasteiger partial charge in [-0.2, -0.15) is 0 Å². The highest BCUT2D eigenvalue weighted by Gasteiger charge is 2.37. The van der Waals surface area contributed by atoms with Gasteiger partial charge in [-0.3, -0.25) is 4.79 Å². The van der Waals surface area contributed by atoms with Crippen LogP contribution in [0, 0.1) is 5.41 Å². The van der Waals surface area contributed by atoms with Gasteiger partial charge in [0.15, 0.2) is 11.5 Å². The molecule has 1 aliphatic rings. The second-order valence-electron chi connectivity index (χ2n) is 6.47. The molecule has 1 aromatic carbocycles. The van der Waals surface area contributed by atoms with Crippen LogP contribution in [-0.2, 0) is 4.79 Å². The SMILES string of the molecule is COc1cc(C2SCC(=O)N2CC(C)(C)CO)cc(OC)c1OC. The van der Waals surface area contributed by atoms with Gasteiger partial charge in [0.05, 0.1) is 27.1 Å². The fourth-order valence-corrected chi connectivity index (χ4v) is 3.82. The Morgan fingerprint density at radius 2 is 1.79 bits per heavy atom. The normalized spacial score (nSPS) is 18.0. The molecule has 1 amide bonds. The molecule has 0 saturated carbocycles. The van der Waals surface area contributed by atoms with Crippen molar-refractivity contribution in [1.82, 2.24) is 4.90 Å². The summed E-state index contributed by atoms with van der Waals surface area (Å²) < 4.78 is 16.2. The quantitative estimate of drug-likeness (QED) is 0.809. The molecule has 134 valence electrons. The first-order valence-corrected chi connectivity index (χ1v) is 8.73. The summed E-state index contributed by atoms with van der Waals surface area (Å²) >= 11 is 1.56. The fourth-order valence-electron chi connectivity index (χ4n) is 2.66. The van der Waals surface area contributed by atoms with Crippen molar-refractivity contribution in [3.63, 3.8) is 0 Å². The minimum absolute atomic E-state index is 0.0173. The van der Waals surface area contributed by atoms with Crippen molar-refractivity contribution in [2.24, 2.45) is 5.41 Å². The first-order chi connectivity index (χ1) is 11.4. The zero-order valence-electron chi connectivity index (χ0n) is 14.8. The fraction of sp³-hybridized carbons (Fsp3) is 0.588. The van der Waals surface area contributed by atoms with Crippen LogP contribution in [-0.4, -0.2) is 56.1 Å². The number of aliphatic hydroxyl groups excluding tert-OH is 1. The summed E-state index contributed by atoms with van der Waals surface area (Å²) in [7, 11) is 4.70. The molecule has 1 saturated heterocycles. The highest BCUT2D eigenvalue weighted by Crippen LogP contribution is 2.46. The Kier molecular flexibility index (Phi) is 5.87. The largest absolute Gasteiger partial charge is 0.493 e. The van der Waals surface area contributed by atoms with Crippen molar-refractivity contribution in [2.45, 2.75) is 19.2 Å². The van der Waals surface area contributed by atoms with E-state index in [0.717, 1.165) is 5.56 Å². The third-order valence-corrected chi connectivity index (χ3v) is 5.22. The maximum Gasteiger partial charge on any atom is 0.233 e. The van der Waals surface area contributed by atoms with Crippen molar-refractivity contribution >= 4 is 17.7 Å². The Labute approximate surface area is 147 Å². The van der Waals surface area contributed by atoms with Crippen LogP contribution in [0.4, 0.5) is 0 Å². The molecule has 0 radical (unpaired) electrons. The number of benzene rings is 1. The predicted molar refractivity (Wildman–Crippen MR) is 93.9 cm³/mol. The number of thioether (sulfide) groups is 1. The van der Waals surface area contributed by atoms with Gasteiger partial charge in [-0.05, 0) is 17.7 Å². The number of carbonyl (C=O) groups excluding carboxylic acids is 1. The number of ether oxygens (including phenoxy) is 3. The average molecular weight is 355 g/mol. The zero-order valence-corrected chi connectivity index (χ0v) is 15.6. The van der Waals surface area contributed by atoms with E-state index in [1.165, 1.54) is 0 Å². The topological polar surface area (TPSA) is 68.2 Å².